The molecule has 110 valence electrons. The zero-order valence-electron chi connectivity index (χ0n) is 11.8. The van der Waals surface area contributed by atoms with E-state index in [0.29, 0.717) is 0 Å². The Morgan fingerprint density at radius 1 is 0.737 bits per heavy atom. The SMILES string of the molecule is COC(OC)(OC)c1n[nH]c(C(OC)(OC)OC)n1. The van der Waals surface area contributed by atoms with Crippen LogP contribution in [0.3, 0.4) is 0 Å². The monoisotopic (exact) mass is 277 g/mol. The summed E-state index contributed by atoms with van der Waals surface area (Å²) in [6.45, 7) is 0. The standard InChI is InChI=1S/C10H19N3O6/c1-14-9(15-2,16-3)7-11-8(13-12-7)10(17-4,18-5)19-6/h1-6H3,(H,11,12,13). The molecule has 0 radical (unpaired) electrons. The van der Waals surface area contributed by atoms with Gasteiger partial charge in [-0.3, -0.25) is 5.10 Å². The molecule has 9 heteroatoms. The lowest BCUT2D eigenvalue weighted by Gasteiger charge is -2.26. The third-order valence-corrected chi connectivity index (χ3v) is 2.66. The molecule has 0 saturated heterocycles. The van der Waals surface area contributed by atoms with Crippen molar-refractivity contribution in [3.63, 3.8) is 0 Å². The summed E-state index contributed by atoms with van der Waals surface area (Å²) in [6, 6.07) is 0. The predicted molar refractivity (Wildman–Crippen MR) is 61.8 cm³/mol. The Balaban J connectivity index is 3.18. The van der Waals surface area contributed by atoms with Gasteiger partial charge in [0.2, 0.25) is 11.6 Å². The molecule has 1 N–H and O–H groups in total. The smallest absolute Gasteiger partial charge is 0.324 e. The molecule has 1 rings (SSSR count). The second kappa shape index (κ2) is 6.37. The Hall–Kier alpha value is -1.10. The summed E-state index contributed by atoms with van der Waals surface area (Å²) in [4.78, 5) is 4.16. The minimum absolute atomic E-state index is 0.116. The van der Waals surface area contributed by atoms with E-state index in [1.54, 1.807) is 0 Å². The number of rotatable bonds is 8. The molecule has 0 atom stereocenters. The van der Waals surface area contributed by atoms with Gasteiger partial charge < -0.3 is 28.4 Å². The molecule has 0 aliphatic heterocycles. The topological polar surface area (TPSA) is 97.0 Å². The van der Waals surface area contributed by atoms with Gasteiger partial charge in [-0.05, 0) is 0 Å². The molecule has 1 aromatic heterocycles. The number of aromatic nitrogens is 3. The largest absolute Gasteiger partial charge is 0.349 e. The van der Waals surface area contributed by atoms with E-state index in [4.69, 9.17) is 28.4 Å². The van der Waals surface area contributed by atoms with E-state index in [1.165, 1.54) is 42.7 Å². The van der Waals surface area contributed by atoms with E-state index in [2.05, 4.69) is 15.2 Å². The van der Waals surface area contributed by atoms with Gasteiger partial charge in [0.05, 0.1) is 0 Å². The molecule has 0 aliphatic rings. The summed E-state index contributed by atoms with van der Waals surface area (Å²) < 4.78 is 30.9. The lowest BCUT2D eigenvalue weighted by Crippen LogP contribution is -2.36. The number of ether oxygens (including phenoxy) is 6. The third kappa shape index (κ3) is 2.61. The van der Waals surface area contributed by atoms with Crippen molar-refractivity contribution in [3.05, 3.63) is 11.6 Å². The zero-order valence-corrected chi connectivity index (χ0v) is 11.8. The third-order valence-electron chi connectivity index (χ3n) is 2.66. The molecule has 1 aromatic rings. The molecule has 0 spiro atoms. The van der Waals surface area contributed by atoms with E-state index in [0.717, 1.165) is 0 Å². The highest BCUT2D eigenvalue weighted by atomic mass is 16.9. The van der Waals surface area contributed by atoms with Crippen molar-refractivity contribution < 1.29 is 28.4 Å². The van der Waals surface area contributed by atoms with Crippen LogP contribution >= 0.6 is 0 Å². The van der Waals surface area contributed by atoms with E-state index < -0.39 is 11.9 Å². The number of H-pyrrole nitrogens is 1. The van der Waals surface area contributed by atoms with Gasteiger partial charge in [-0.15, -0.1) is 5.10 Å². The van der Waals surface area contributed by atoms with Crippen LogP contribution in [0.5, 0.6) is 0 Å². The van der Waals surface area contributed by atoms with Gasteiger partial charge in [0.15, 0.2) is 0 Å². The number of hydrogen-bond donors (Lipinski definition) is 1. The van der Waals surface area contributed by atoms with Crippen LogP contribution in [0.25, 0.3) is 0 Å². The minimum atomic E-state index is -1.52. The van der Waals surface area contributed by atoms with Crippen molar-refractivity contribution in [1.82, 2.24) is 15.2 Å². The van der Waals surface area contributed by atoms with Gasteiger partial charge >= 0.3 is 11.9 Å². The maximum absolute atomic E-state index is 5.15. The first-order valence-electron chi connectivity index (χ1n) is 5.32. The van der Waals surface area contributed by atoms with Crippen LogP contribution in [0, 0.1) is 0 Å². The molecular formula is C10H19N3O6. The summed E-state index contributed by atoms with van der Waals surface area (Å²) in [6.07, 6.45) is 0. The molecule has 9 nitrogen and oxygen atoms in total. The minimum Gasteiger partial charge on any atom is -0.324 e. The van der Waals surface area contributed by atoms with Crippen molar-refractivity contribution in [2.45, 2.75) is 11.9 Å². The van der Waals surface area contributed by atoms with Crippen molar-refractivity contribution in [3.8, 4) is 0 Å². The molecule has 0 bridgehead atoms. The molecule has 0 aliphatic carbocycles. The van der Waals surface area contributed by atoms with Crippen molar-refractivity contribution >= 4 is 0 Å². The molecule has 0 aromatic carbocycles. The highest BCUT2D eigenvalue weighted by molar-refractivity contribution is 4.99. The molecule has 0 saturated carbocycles. The quantitative estimate of drug-likeness (QED) is 0.658. The molecule has 1 heterocycles. The fraction of sp³-hybridized carbons (Fsp3) is 0.800. The van der Waals surface area contributed by atoms with E-state index in [9.17, 15) is 0 Å². The Bertz CT molecular complexity index is 337. The summed E-state index contributed by atoms with van der Waals surface area (Å²) in [5.74, 6) is -2.71. The second-order valence-corrected chi connectivity index (χ2v) is 3.34. The first-order chi connectivity index (χ1) is 9.07. The second-order valence-electron chi connectivity index (χ2n) is 3.34. The maximum Gasteiger partial charge on any atom is 0.349 e. The fourth-order valence-corrected chi connectivity index (χ4v) is 1.60. The van der Waals surface area contributed by atoms with Crippen molar-refractivity contribution in [1.29, 1.82) is 0 Å². The van der Waals surface area contributed by atoms with Crippen molar-refractivity contribution in [2.75, 3.05) is 42.7 Å². The lowest BCUT2D eigenvalue weighted by molar-refractivity contribution is -0.372. The fourth-order valence-electron chi connectivity index (χ4n) is 1.60. The van der Waals surface area contributed by atoms with Crippen LogP contribution in [0.15, 0.2) is 0 Å². The van der Waals surface area contributed by atoms with Crippen LogP contribution in [0.1, 0.15) is 11.6 Å². The van der Waals surface area contributed by atoms with Gasteiger partial charge in [0.25, 0.3) is 0 Å². The zero-order chi connectivity index (χ0) is 14.5. The van der Waals surface area contributed by atoms with Crippen LogP contribution < -0.4 is 0 Å². The summed E-state index contributed by atoms with van der Waals surface area (Å²) in [7, 11) is 8.43. The average molecular weight is 277 g/mol. The first kappa shape index (κ1) is 16.0. The Morgan fingerprint density at radius 3 is 1.53 bits per heavy atom. The highest BCUT2D eigenvalue weighted by Gasteiger charge is 2.42. The van der Waals surface area contributed by atoms with Crippen LogP contribution in [0.2, 0.25) is 0 Å². The Kier molecular flexibility index (Phi) is 5.35. The Labute approximate surface area is 111 Å². The molecule has 0 amide bonds. The van der Waals surface area contributed by atoms with E-state index in [-0.39, 0.29) is 11.6 Å². The highest BCUT2D eigenvalue weighted by Crippen LogP contribution is 2.28. The molecule has 19 heavy (non-hydrogen) atoms. The van der Waals surface area contributed by atoms with Gasteiger partial charge in [-0.1, -0.05) is 0 Å². The average Bonchev–Trinajstić information content (AvgIpc) is 2.95. The number of aromatic amines is 1. The lowest BCUT2D eigenvalue weighted by atomic mass is 10.4. The van der Waals surface area contributed by atoms with E-state index in [1.807, 2.05) is 0 Å². The van der Waals surface area contributed by atoms with Crippen LogP contribution in [-0.4, -0.2) is 57.8 Å². The number of nitrogens with one attached hydrogen (secondary N) is 1. The first-order valence-corrected chi connectivity index (χ1v) is 5.32. The molecule has 0 fully saturated rings. The number of methoxy groups -OCH3 is 6. The van der Waals surface area contributed by atoms with Crippen LogP contribution in [0.4, 0.5) is 0 Å². The summed E-state index contributed by atoms with van der Waals surface area (Å²) in [5, 5.41) is 6.59. The van der Waals surface area contributed by atoms with Gasteiger partial charge in [0.1, 0.15) is 0 Å². The molecule has 0 unspecified atom stereocenters. The number of nitrogens with zero attached hydrogens (tertiary/aromatic N) is 2. The summed E-state index contributed by atoms with van der Waals surface area (Å²) >= 11 is 0. The molecular weight excluding hydrogens is 258 g/mol. The van der Waals surface area contributed by atoms with E-state index >= 15 is 0 Å². The maximum atomic E-state index is 5.15. The van der Waals surface area contributed by atoms with Gasteiger partial charge in [-0.25, -0.2) is 4.98 Å². The van der Waals surface area contributed by atoms with Gasteiger partial charge in [0, 0.05) is 42.7 Å². The van der Waals surface area contributed by atoms with Crippen molar-refractivity contribution in [2.24, 2.45) is 0 Å². The number of hydrogen-bond acceptors (Lipinski definition) is 8. The normalized spacial score (nSPS) is 12.9. The van der Waals surface area contributed by atoms with Gasteiger partial charge in [-0.2, -0.15) is 0 Å². The summed E-state index contributed by atoms with van der Waals surface area (Å²) in [5.41, 5.74) is 0. The predicted octanol–water partition coefficient (Wildman–Crippen LogP) is -0.0963. The van der Waals surface area contributed by atoms with Crippen LogP contribution in [-0.2, 0) is 40.4 Å². The Morgan fingerprint density at radius 2 is 1.16 bits per heavy atom.